The third-order valence-electron chi connectivity index (χ3n) is 3.82. The van der Waals surface area contributed by atoms with E-state index >= 15 is 0 Å². The second-order valence-corrected chi connectivity index (χ2v) is 6.21. The standard InChI is InChI=1S/C16H20Cl2N2O3/c1-23-10-5-15(21)19-6-2-7-20(9-8-19)16(22)12-3-4-13(17)14(18)11-12/h3-4,11H,2,5-10H2,1H3. The van der Waals surface area contributed by atoms with Gasteiger partial charge in [0.2, 0.25) is 5.91 Å². The molecule has 23 heavy (non-hydrogen) atoms. The third-order valence-corrected chi connectivity index (χ3v) is 4.56. The van der Waals surface area contributed by atoms with Crippen molar-refractivity contribution in [2.45, 2.75) is 12.8 Å². The normalized spacial score (nSPS) is 15.4. The predicted octanol–water partition coefficient (Wildman–Crippen LogP) is 2.70. The summed E-state index contributed by atoms with van der Waals surface area (Å²) in [5.41, 5.74) is 0.513. The molecule has 5 nitrogen and oxygen atoms in total. The first-order valence-electron chi connectivity index (χ1n) is 7.54. The molecule has 126 valence electrons. The van der Waals surface area contributed by atoms with Crippen molar-refractivity contribution in [2.75, 3.05) is 39.9 Å². The van der Waals surface area contributed by atoms with Crippen LogP contribution in [-0.2, 0) is 9.53 Å². The zero-order valence-corrected chi connectivity index (χ0v) is 14.6. The summed E-state index contributed by atoms with van der Waals surface area (Å²) in [4.78, 5) is 28.2. The van der Waals surface area contributed by atoms with Gasteiger partial charge in [0.05, 0.1) is 23.1 Å². The molecule has 1 aromatic carbocycles. The van der Waals surface area contributed by atoms with E-state index in [9.17, 15) is 9.59 Å². The van der Waals surface area contributed by atoms with Crippen molar-refractivity contribution in [3.8, 4) is 0 Å². The summed E-state index contributed by atoms with van der Waals surface area (Å²) < 4.78 is 4.94. The van der Waals surface area contributed by atoms with Crippen molar-refractivity contribution in [3.63, 3.8) is 0 Å². The van der Waals surface area contributed by atoms with Gasteiger partial charge >= 0.3 is 0 Å². The van der Waals surface area contributed by atoms with Crippen LogP contribution in [0.25, 0.3) is 0 Å². The molecule has 0 spiro atoms. The van der Waals surface area contributed by atoms with Crippen molar-refractivity contribution < 1.29 is 14.3 Å². The summed E-state index contributed by atoms with van der Waals surface area (Å²) in [7, 11) is 1.58. The topological polar surface area (TPSA) is 49.9 Å². The van der Waals surface area contributed by atoms with Gasteiger partial charge in [-0.1, -0.05) is 23.2 Å². The summed E-state index contributed by atoms with van der Waals surface area (Å²) in [5.74, 6) is -0.0227. The Morgan fingerprint density at radius 3 is 2.48 bits per heavy atom. The number of benzene rings is 1. The van der Waals surface area contributed by atoms with Crippen LogP contribution < -0.4 is 0 Å². The lowest BCUT2D eigenvalue weighted by molar-refractivity contribution is -0.132. The maximum Gasteiger partial charge on any atom is 0.253 e. The molecule has 0 atom stereocenters. The van der Waals surface area contributed by atoms with Gasteiger partial charge in [0, 0.05) is 38.9 Å². The molecule has 1 fully saturated rings. The number of nitrogens with zero attached hydrogens (tertiary/aromatic N) is 2. The summed E-state index contributed by atoms with van der Waals surface area (Å²) in [6.07, 6.45) is 1.13. The SMILES string of the molecule is COCCC(=O)N1CCCN(C(=O)c2ccc(Cl)c(Cl)c2)CC1. The number of carbonyl (C=O) groups is 2. The minimum absolute atomic E-state index is 0.0655. The fraction of sp³-hybridized carbons (Fsp3) is 0.500. The Hall–Kier alpha value is -1.30. The summed E-state index contributed by atoms with van der Waals surface area (Å²) in [6.45, 7) is 2.75. The van der Waals surface area contributed by atoms with E-state index in [4.69, 9.17) is 27.9 Å². The van der Waals surface area contributed by atoms with Gasteiger partial charge in [0.15, 0.2) is 0 Å². The number of amides is 2. The van der Waals surface area contributed by atoms with Crippen molar-refractivity contribution in [2.24, 2.45) is 0 Å². The fourth-order valence-electron chi connectivity index (χ4n) is 2.53. The van der Waals surface area contributed by atoms with E-state index in [0.717, 1.165) is 6.42 Å². The van der Waals surface area contributed by atoms with Crippen molar-refractivity contribution in [1.29, 1.82) is 0 Å². The second-order valence-electron chi connectivity index (χ2n) is 5.40. The average molecular weight is 359 g/mol. The summed E-state index contributed by atoms with van der Waals surface area (Å²) in [5, 5.41) is 0.790. The number of hydrogen-bond acceptors (Lipinski definition) is 3. The van der Waals surface area contributed by atoms with Crippen LogP contribution in [0.1, 0.15) is 23.2 Å². The molecule has 1 saturated heterocycles. The van der Waals surface area contributed by atoms with Crippen LogP contribution in [0.15, 0.2) is 18.2 Å². The van der Waals surface area contributed by atoms with Gasteiger partial charge in [0.25, 0.3) is 5.91 Å². The van der Waals surface area contributed by atoms with Gasteiger partial charge in [-0.15, -0.1) is 0 Å². The van der Waals surface area contributed by atoms with E-state index in [1.165, 1.54) is 0 Å². The highest BCUT2D eigenvalue weighted by atomic mass is 35.5. The summed E-state index contributed by atoms with van der Waals surface area (Å²) >= 11 is 11.9. The molecule has 2 rings (SSSR count). The molecule has 1 heterocycles. The van der Waals surface area contributed by atoms with Crippen LogP contribution in [0.3, 0.4) is 0 Å². The number of carbonyl (C=O) groups excluding carboxylic acids is 2. The highest BCUT2D eigenvalue weighted by Gasteiger charge is 2.23. The quantitative estimate of drug-likeness (QED) is 0.831. The molecular formula is C16H20Cl2N2O3. The number of halogens is 2. The molecule has 2 amide bonds. The van der Waals surface area contributed by atoms with Gasteiger partial charge in [-0.25, -0.2) is 0 Å². The highest BCUT2D eigenvalue weighted by molar-refractivity contribution is 6.42. The molecule has 7 heteroatoms. The van der Waals surface area contributed by atoms with E-state index in [2.05, 4.69) is 0 Å². The number of methoxy groups -OCH3 is 1. The van der Waals surface area contributed by atoms with Crippen LogP contribution in [0, 0.1) is 0 Å². The van der Waals surface area contributed by atoms with Crippen LogP contribution >= 0.6 is 23.2 Å². The van der Waals surface area contributed by atoms with Crippen LogP contribution in [0.5, 0.6) is 0 Å². The lowest BCUT2D eigenvalue weighted by atomic mass is 10.2. The Labute approximate surface area is 146 Å². The summed E-state index contributed by atoms with van der Waals surface area (Å²) in [6, 6.07) is 4.87. The maximum absolute atomic E-state index is 12.6. The lowest BCUT2D eigenvalue weighted by Gasteiger charge is -2.22. The maximum atomic E-state index is 12.6. The minimum atomic E-state index is -0.0882. The Kier molecular flexibility index (Phi) is 6.69. The molecule has 0 radical (unpaired) electrons. The Morgan fingerprint density at radius 1 is 1.09 bits per heavy atom. The number of hydrogen-bond donors (Lipinski definition) is 0. The second kappa shape index (κ2) is 8.52. The van der Waals surface area contributed by atoms with E-state index in [-0.39, 0.29) is 11.8 Å². The van der Waals surface area contributed by atoms with Crippen molar-refractivity contribution in [3.05, 3.63) is 33.8 Å². The van der Waals surface area contributed by atoms with E-state index in [0.29, 0.717) is 54.8 Å². The molecule has 0 saturated carbocycles. The van der Waals surface area contributed by atoms with Gasteiger partial charge in [-0.05, 0) is 24.6 Å². The van der Waals surface area contributed by atoms with Crippen molar-refractivity contribution >= 4 is 35.0 Å². The molecule has 1 aromatic rings. The molecule has 0 aliphatic carbocycles. The van der Waals surface area contributed by atoms with Crippen LogP contribution in [0.4, 0.5) is 0 Å². The molecular weight excluding hydrogens is 339 g/mol. The zero-order valence-electron chi connectivity index (χ0n) is 13.1. The number of ether oxygens (including phenoxy) is 1. The van der Waals surface area contributed by atoms with Crippen LogP contribution in [0.2, 0.25) is 10.0 Å². The molecule has 0 N–H and O–H groups in total. The van der Waals surface area contributed by atoms with Crippen LogP contribution in [-0.4, -0.2) is 61.5 Å². The van der Waals surface area contributed by atoms with Gasteiger partial charge in [-0.2, -0.15) is 0 Å². The monoisotopic (exact) mass is 358 g/mol. The van der Waals surface area contributed by atoms with E-state index in [1.54, 1.807) is 35.1 Å². The van der Waals surface area contributed by atoms with Gasteiger partial charge in [-0.3, -0.25) is 9.59 Å². The molecule has 1 aliphatic rings. The molecule has 1 aliphatic heterocycles. The Morgan fingerprint density at radius 2 is 1.78 bits per heavy atom. The largest absolute Gasteiger partial charge is 0.384 e. The smallest absolute Gasteiger partial charge is 0.253 e. The lowest BCUT2D eigenvalue weighted by Crippen LogP contribution is -2.37. The first kappa shape index (κ1) is 18.0. The highest BCUT2D eigenvalue weighted by Crippen LogP contribution is 2.23. The zero-order chi connectivity index (χ0) is 16.8. The van der Waals surface area contributed by atoms with E-state index < -0.39 is 0 Å². The molecule has 0 unspecified atom stereocenters. The Bertz CT molecular complexity index is 580. The van der Waals surface area contributed by atoms with Gasteiger partial charge in [0.1, 0.15) is 0 Å². The first-order valence-corrected chi connectivity index (χ1v) is 8.29. The van der Waals surface area contributed by atoms with Crippen molar-refractivity contribution in [1.82, 2.24) is 9.80 Å². The fourth-order valence-corrected chi connectivity index (χ4v) is 2.83. The third kappa shape index (κ3) is 4.83. The Balaban J connectivity index is 1.98. The molecule has 0 aromatic heterocycles. The molecule has 0 bridgehead atoms. The predicted molar refractivity (Wildman–Crippen MR) is 90.1 cm³/mol. The van der Waals surface area contributed by atoms with Gasteiger partial charge < -0.3 is 14.5 Å². The number of rotatable bonds is 4. The minimum Gasteiger partial charge on any atom is -0.384 e. The first-order chi connectivity index (χ1) is 11.0. The van der Waals surface area contributed by atoms with E-state index in [1.807, 2.05) is 0 Å². The average Bonchev–Trinajstić information content (AvgIpc) is 2.80.